The molecule has 0 spiro atoms. The molecule has 2 heterocycles. The summed E-state index contributed by atoms with van der Waals surface area (Å²) in [7, 11) is 0. The highest BCUT2D eigenvalue weighted by Crippen LogP contribution is 2.26. The first kappa shape index (κ1) is 23.5. The highest BCUT2D eigenvalue weighted by Gasteiger charge is 2.19. The monoisotopic (exact) mass is 457 g/mol. The molecule has 0 fully saturated rings. The number of fused-ring (bicyclic) bond motifs is 1. The van der Waals surface area contributed by atoms with Crippen molar-refractivity contribution in [3.8, 4) is 0 Å². The summed E-state index contributed by atoms with van der Waals surface area (Å²) < 4.78 is 1.71. The number of aromatic nitrogens is 4. The Morgan fingerprint density at radius 2 is 1.97 bits per heavy atom. The summed E-state index contributed by atoms with van der Waals surface area (Å²) in [5, 5.41) is 23.5. The number of hydrogen-bond acceptors (Lipinski definition) is 8. The first-order chi connectivity index (χ1) is 15.3. The van der Waals surface area contributed by atoms with Crippen LogP contribution in [-0.4, -0.2) is 48.9 Å². The zero-order valence-electron chi connectivity index (χ0n) is 18.5. The van der Waals surface area contributed by atoms with Crippen LogP contribution in [0.4, 0.5) is 11.5 Å². The summed E-state index contributed by atoms with van der Waals surface area (Å²) in [6.45, 7) is 9.78. The van der Waals surface area contributed by atoms with Crippen LogP contribution in [0.15, 0.2) is 35.6 Å². The van der Waals surface area contributed by atoms with Crippen LogP contribution in [0.5, 0.6) is 0 Å². The van der Waals surface area contributed by atoms with Crippen molar-refractivity contribution in [3.63, 3.8) is 0 Å². The Morgan fingerprint density at radius 3 is 2.66 bits per heavy atom. The zero-order valence-corrected chi connectivity index (χ0v) is 19.3. The van der Waals surface area contributed by atoms with Gasteiger partial charge in [-0.3, -0.25) is 14.9 Å². The summed E-state index contributed by atoms with van der Waals surface area (Å²) in [4.78, 5) is 32.4. The third kappa shape index (κ3) is 5.72. The van der Waals surface area contributed by atoms with Gasteiger partial charge >= 0.3 is 0 Å². The molecular weight excluding hydrogens is 430 g/mol. The van der Waals surface area contributed by atoms with Gasteiger partial charge in [0.25, 0.3) is 11.6 Å². The number of thioether (sulfide) groups is 1. The minimum atomic E-state index is -0.563. The van der Waals surface area contributed by atoms with Gasteiger partial charge in [-0.05, 0) is 12.0 Å². The first-order valence-corrected chi connectivity index (χ1v) is 11.3. The Kier molecular flexibility index (Phi) is 7.62. The highest BCUT2D eigenvalue weighted by atomic mass is 32.2. The van der Waals surface area contributed by atoms with Crippen LogP contribution < -0.4 is 10.6 Å². The number of benzene rings is 1. The van der Waals surface area contributed by atoms with Gasteiger partial charge in [-0.2, -0.15) is 5.10 Å². The van der Waals surface area contributed by atoms with Gasteiger partial charge in [-0.15, -0.1) is 0 Å². The molecule has 3 aromatic rings. The zero-order chi connectivity index (χ0) is 23.3. The van der Waals surface area contributed by atoms with E-state index < -0.39 is 10.8 Å². The van der Waals surface area contributed by atoms with Gasteiger partial charge in [0.1, 0.15) is 11.4 Å². The molecule has 0 saturated heterocycles. The highest BCUT2D eigenvalue weighted by molar-refractivity contribution is 7.99. The average Bonchev–Trinajstić information content (AvgIpc) is 3.14. The van der Waals surface area contributed by atoms with Gasteiger partial charge in [0.15, 0.2) is 10.8 Å². The second-order valence-corrected chi connectivity index (χ2v) is 9.47. The van der Waals surface area contributed by atoms with Gasteiger partial charge in [-0.1, -0.05) is 51.6 Å². The lowest BCUT2D eigenvalue weighted by molar-refractivity contribution is -0.385. The van der Waals surface area contributed by atoms with Gasteiger partial charge in [0.2, 0.25) is 0 Å². The fourth-order valence-corrected chi connectivity index (χ4v) is 3.70. The summed E-state index contributed by atoms with van der Waals surface area (Å²) in [5.74, 6) is 0.689. The fraction of sp³-hybridized carbons (Fsp3) is 0.429. The van der Waals surface area contributed by atoms with E-state index in [1.807, 2.05) is 0 Å². The van der Waals surface area contributed by atoms with Crippen molar-refractivity contribution >= 4 is 40.2 Å². The Hall–Kier alpha value is -3.21. The number of carbonyl (C=O) groups excluding carboxylic acids is 1. The molecule has 0 bridgehead atoms. The number of hydrogen-bond donors (Lipinski definition) is 2. The van der Waals surface area contributed by atoms with Crippen molar-refractivity contribution < 1.29 is 9.72 Å². The molecule has 0 unspecified atom stereocenters. The van der Waals surface area contributed by atoms with Gasteiger partial charge in [0, 0.05) is 24.4 Å². The van der Waals surface area contributed by atoms with E-state index in [1.165, 1.54) is 18.2 Å². The number of nitro benzene ring substituents is 1. The summed E-state index contributed by atoms with van der Waals surface area (Å²) in [6, 6.07) is 5.88. The molecule has 3 rings (SSSR count). The van der Waals surface area contributed by atoms with E-state index in [9.17, 15) is 14.9 Å². The van der Waals surface area contributed by atoms with Crippen molar-refractivity contribution in [1.82, 2.24) is 25.1 Å². The van der Waals surface area contributed by atoms with E-state index in [4.69, 9.17) is 0 Å². The molecule has 1 aromatic carbocycles. The average molecular weight is 458 g/mol. The molecule has 0 saturated carbocycles. The summed E-state index contributed by atoms with van der Waals surface area (Å²) in [6.07, 6.45) is 1.71. The van der Waals surface area contributed by atoms with Gasteiger partial charge in [0.05, 0.1) is 23.1 Å². The van der Waals surface area contributed by atoms with Gasteiger partial charge < -0.3 is 10.6 Å². The molecule has 0 aliphatic carbocycles. The number of para-hydroxylation sites is 1. The molecule has 11 heteroatoms. The maximum absolute atomic E-state index is 12.5. The van der Waals surface area contributed by atoms with Crippen LogP contribution in [0.25, 0.3) is 11.0 Å². The lowest BCUT2D eigenvalue weighted by Crippen LogP contribution is -2.28. The molecule has 170 valence electrons. The van der Waals surface area contributed by atoms with Gasteiger partial charge in [-0.25, -0.2) is 14.6 Å². The van der Waals surface area contributed by atoms with Crippen molar-refractivity contribution in [2.24, 2.45) is 5.92 Å². The number of anilines is 1. The minimum absolute atomic E-state index is 0.0286. The van der Waals surface area contributed by atoms with Crippen molar-refractivity contribution in [1.29, 1.82) is 0 Å². The van der Waals surface area contributed by atoms with E-state index in [-0.39, 0.29) is 17.8 Å². The molecule has 2 aromatic heterocycles. The number of amides is 1. The summed E-state index contributed by atoms with van der Waals surface area (Å²) >= 11 is 1.57. The maximum atomic E-state index is 12.5. The third-order valence-electron chi connectivity index (χ3n) is 4.45. The van der Waals surface area contributed by atoms with Crippen molar-refractivity contribution in [2.45, 2.75) is 44.6 Å². The van der Waals surface area contributed by atoms with E-state index in [2.05, 4.69) is 53.4 Å². The quantitative estimate of drug-likeness (QED) is 0.204. The smallest absolute Gasteiger partial charge is 0.282 e. The van der Waals surface area contributed by atoms with Crippen molar-refractivity contribution in [2.75, 3.05) is 18.4 Å². The molecule has 0 aliphatic rings. The minimum Gasteiger partial charge on any atom is -0.369 e. The Morgan fingerprint density at radius 1 is 1.22 bits per heavy atom. The molecule has 0 atom stereocenters. The molecule has 0 aliphatic heterocycles. The standard InChI is InChI=1S/C21H27N7O3S/c1-13(2)11-23-18-16-12-24-27(19(16)26-21(25-18)32-14(3)4)10-9-22-20(29)15-7-5-6-8-17(15)28(30)31/h5-8,12-14H,9-11H2,1-4H3,(H,22,29)(H,23,25,26). The third-order valence-corrected chi connectivity index (χ3v) is 5.31. The van der Waals surface area contributed by atoms with Crippen molar-refractivity contribution in [3.05, 3.63) is 46.1 Å². The number of nitrogens with zero attached hydrogens (tertiary/aromatic N) is 5. The SMILES string of the molecule is CC(C)CNc1nc(SC(C)C)nc2c1cnn2CCNC(=O)c1ccccc1[N+](=O)[O-]. The topological polar surface area (TPSA) is 128 Å². The Bertz CT molecular complexity index is 1110. The normalized spacial score (nSPS) is 11.3. The van der Waals surface area contributed by atoms with Crippen LogP contribution in [0, 0.1) is 16.0 Å². The summed E-state index contributed by atoms with van der Waals surface area (Å²) in [5.41, 5.74) is 0.480. The molecule has 10 nitrogen and oxygen atoms in total. The molecule has 0 radical (unpaired) electrons. The molecular formula is C21H27N7O3S. The fourth-order valence-electron chi connectivity index (χ4n) is 2.99. The second-order valence-electron chi connectivity index (χ2n) is 7.93. The van der Waals surface area contributed by atoms with Crippen LogP contribution in [0.2, 0.25) is 0 Å². The maximum Gasteiger partial charge on any atom is 0.282 e. The van der Waals surface area contributed by atoms with Crippen LogP contribution in [0.3, 0.4) is 0 Å². The Balaban J connectivity index is 1.78. The molecule has 1 amide bonds. The van der Waals surface area contributed by atoms with E-state index in [0.717, 1.165) is 17.7 Å². The number of rotatable bonds is 10. The van der Waals surface area contributed by atoms with E-state index in [0.29, 0.717) is 28.5 Å². The van der Waals surface area contributed by atoms with Crippen LogP contribution in [-0.2, 0) is 6.54 Å². The molecule has 2 N–H and O–H groups in total. The number of carbonyl (C=O) groups is 1. The second kappa shape index (κ2) is 10.4. The van der Waals surface area contributed by atoms with E-state index >= 15 is 0 Å². The number of nitrogens with one attached hydrogen (secondary N) is 2. The first-order valence-electron chi connectivity index (χ1n) is 10.4. The predicted molar refractivity (Wildman–Crippen MR) is 125 cm³/mol. The van der Waals surface area contributed by atoms with E-state index in [1.54, 1.807) is 28.7 Å². The Labute approximate surface area is 190 Å². The lowest BCUT2D eigenvalue weighted by Gasteiger charge is -2.12. The molecule has 32 heavy (non-hydrogen) atoms. The largest absolute Gasteiger partial charge is 0.369 e. The lowest BCUT2D eigenvalue weighted by atomic mass is 10.1. The van der Waals surface area contributed by atoms with Crippen LogP contribution >= 0.6 is 11.8 Å². The van der Waals surface area contributed by atoms with Crippen LogP contribution in [0.1, 0.15) is 38.1 Å². The number of nitro groups is 1. The predicted octanol–water partition coefficient (Wildman–Crippen LogP) is 3.73.